The van der Waals surface area contributed by atoms with Crippen LogP contribution in [0.2, 0.25) is 0 Å². The summed E-state index contributed by atoms with van der Waals surface area (Å²) in [5.74, 6) is 9.94. The Morgan fingerprint density at radius 2 is 1.08 bits per heavy atom. The highest BCUT2D eigenvalue weighted by Crippen LogP contribution is 2.76. The first-order chi connectivity index (χ1) is 6.43. The average molecular weight is 174 g/mol. The summed E-state index contributed by atoms with van der Waals surface area (Å²) >= 11 is 0. The Morgan fingerprint density at radius 3 is 1.69 bits per heavy atom. The molecule has 5 aliphatic carbocycles. The van der Waals surface area contributed by atoms with Gasteiger partial charge in [0.05, 0.1) is 0 Å². The lowest BCUT2D eigenvalue weighted by molar-refractivity contribution is 0.139. The van der Waals surface area contributed by atoms with Crippen LogP contribution in [0.3, 0.4) is 0 Å². The molecule has 0 aliphatic heterocycles. The molecule has 13 heavy (non-hydrogen) atoms. The number of hydrogen-bond acceptors (Lipinski definition) is 0. The maximum Gasteiger partial charge on any atom is -0.0321 e. The van der Waals surface area contributed by atoms with Crippen LogP contribution in [0.5, 0.6) is 0 Å². The Labute approximate surface area is 80.1 Å². The molecule has 8 atom stereocenters. The third-order valence-corrected chi connectivity index (χ3v) is 6.57. The Morgan fingerprint density at radius 1 is 0.538 bits per heavy atom. The Hall–Kier alpha value is 0. The molecule has 0 radical (unpaired) electrons. The predicted octanol–water partition coefficient (Wildman–Crippen LogP) is 2.93. The zero-order chi connectivity index (χ0) is 8.15. The van der Waals surface area contributed by atoms with Gasteiger partial charge in [-0.1, -0.05) is 0 Å². The summed E-state index contributed by atoms with van der Waals surface area (Å²) < 4.78 is 0. The molecule has 4 bridgehead atoms. The summed E-state index contributed by atoms with van der Waals surface area (Å²) in [6.07, 6.45) is 8.22. The molecule has 0 aromatic carbocycles. The SMILES string of the molecule is C1C[C@@H]2C[C@H]1[C@@H]1[C@H]3C[C@H]([C@@H]4C[C@@H]43)[C@H]21. The van der Waals surface area contributed by atoms with Gasteiger partial charge in [0.15, 0.2) is 0 Å². The molecule has 0 saturated heterocycles. The van der Waals surface area contributed by atoms with Gasteiger partial charge in [-0.2, -0.15) is 0 Å². The molecule has 5 fully saturated rings. The fourth-order valence-corrected chi connectivity index (χ4v) is 6.42. The van der Waals surface area contributed by atoms with E-state index >= 15 is 0 Å². The van der Waals surface area contributed by atoms with E-state index in [4.69, 9.17) is 0 Å². The molecule has 0 heteroatoms. The first-order valence-electron chi connectivity index (χ1n) is 6.43. The number of fused-ring (bicyclic) bond motifs is 12. The summed E-state index contributed by atoms with van der Waals surface area (Å²) in [5.41, 5.74) is 0. The Bertz CT molecular complexity index is 256. The van der Waals surface area contributed by atoms with E-state index in [1.807, 2.05) is 0 Å². The Balaban J connectivity index is 1.65. The zero-order valence-electron chi connectivity index (χ0n) is 8.15. The van der Waals surface area contributed by atoms with Gasteiger partial charge in [0.1, 0.15) is 0 Å². The van der Waals surface area contributed by atoms with Crippen LogP contribution in [-0.2, 0) is 0 Å². The van der Waals surface area contributed by atoms with Crippen LogP contribution in [0.25, 0.3) is 0 Å². The third kappa shape index (κ3) is 0.543. The largest absolute Gasteiger partial charge is 0.0499 e. The molecular weight excluding hydrogens is 156 g/mol. The number of hydrogen-bond donors (Lipinski definition) is 0. The van der Waals surface area contributed by atoms with Crippen molar-refractivity contribution in [2.24, 2.45) is 47.3 Å². The van der Waals surface area contributed by atoms with Crippen LogP contribution in [0.1, 0.15) is 32.1 Å². The van der Waals surface area contributed by atoms with Crippen molar-refractivity contribution in [2.75, 3.05) is 0 Å². The van der Waals surface area contributed by atoms with Crippen LogP contribution in [0, 0.1) is 47.3 Å². The molecule has 0 spiro atoms. The van der Waals surface area contributed by atoms with Crippen LogP contribution >= 0.6 is 0 Å². The molecule has 0 unspecified atom stereocenters. The van der Waals surface area contributed by atoms with Gasteiger partial charge in [-0.3, -0.25) is 0 Å². The van der Waals surface area contributed by atoms with Crippen molar-refractivity contribution in [1.29, 1.82) is 0 Å². The van der Waals surface area contributed by atoms with Crippen molar-refractivity contribution in [3.63, 3.8) is 0 Å². The van der Waals surface area contributed by atoms with Gasteiger partial charge in [-0.05, 0) is 79.4 Å². The smallest absolute Gasteiger partial charge is 0.0321 e. The molecule has 0 heterocycles. The van der Waals surface area contributed by atoms with Crippen LogP contribution in [0.4, 0.5) is 0 Å². The van der Waals surface area contributed by atoms with Gasteiger partial charge in [-0.25, -0.2) is 0 Å². The molecule has 0 N–H and O–H groups in total. The first-order valence-corrected chi connectivity index (χ1v) is 6.43. The lowest BCUT2D eigenvalue weighted by Crippen LogP contribution is -2.29. The van der Waals surface area contributed by atoms with Gasteiger partial charge >= 0.3 is 0 Å². The molecule has 70 valence electrons. The lowest BCUT2D eigenvalue weighted by atomic mass is 9.71. The van der Waals surface area contributed by atoms with Crippen LogP contribution < -0.4 is 0 Å². The van der Waals surface area contributed by atoms with E-state index in [1.165, 1.54) is 47.3 Å². The normalized spacial score (nSPS) is 75.7. The van der Waals surface area contributed by atoms with Gasteiger partial charge < -0.3 is 0 Å². The van der Waals surface area contributed by atoms with E-state index in [1.54, 1.807) is 32.1 Å². The highest BCUT2D eigenvalue weighted by Gasteiger charge is 2.70. The fraction of sp³-hybridized carbons (Fsp3) is 1.00. The lowest BCUT2D eigenvalue weighted by Gasteiger charge is -2.34. The summed E-state index contributed by atoms with van der Waals surface area (Å²) in [7, 11) is 0. The number of rotatable bonds is 0. The van der Waals surface area contributed by atoms with Crippen molar-refractivity contribution in [2.45, 2.75) is 32.1 Å². The maximum atomic E-state index is 1.68. The van der Waals surface area contributed by atoms with Crippen LogP contribution in [0.15, 0.2) is 0 Å². The molecule has 0 nitrogen and oxygen atoms in total. The second-order valence-corrected chi connectivity index (χ2v) is 6.61. The minimum absolute atomic E-state index is 1.21. The summed E-state index contributed by atoms with van der Waals surface area (Å²) in [6, 6.07) is 0. The van der Waals surface area contributed by atoms with Crippen molar-refractivity contribution in [3.8, 4) is 0 Å². The Kier molecular flexibility index (Phi) is 0.860. The quantitative estimate of drug-likeness (QED) is 0.495. The summed E-state index contributed by atoms with van der Waals surface area (Å²) in [4.78, 5) is 0. The molecule has 0 aromatic heterocycles. The third-order valence-electron chi connectivity index (χ3n) is 6.57. The molecule has 5 rings (SSSR count). The highest BCUT2D eigenvalue weighted by atomic mass is 14.7. The molecule has 0 amide bonds. The summed E-state index contributed by atoms with van der Waals surface area (Å²) in [6.45, 7) is 0. The van der Waals surface area contributed by atoms with E-state index in [2.05, 4.69) is 0 Å². The van der Waals surface area contributed by atoms with Gasteiger partial charge in [0, 0.05) is 0 Å². The van der Waals surface area contributed by atoms with Gasteiger partial charge in [0.25, 0.3) is 0 Å². The second kappa shape index (κ2) is 1.73. The highest BCUT2D eigenvalue weighted by molar-refractivity contribution is 5.18. The van der Waals surface area contributed by atoms with Crippen molar-refractivity contribution >= 4 is 0 Å². The van der Waals surface area contributed by atoms with Gasteiger partial charge in [-0.15, -0.1) is 0 Å². The second-order valence-electron chi connectivity index (χ2n) is 6.61. The average Bonchev–Trinajstić information content (AvgIpc) is 2.60. The zero-order valence-corrected chi connectivity index (χ0v) is 8.15. The first kappa shape index (κ1) is 6.48. The maximum absolute atomic E-state index is 1.68. The predicted molar refractivity (Wildman–Crippen MR) is 51.0 cm³/mol. The molecule has 5 aliphatic rings. The van der Waals surface area contributed by atoms with E-state index in [0.29, 0.717) is 0 Å². The van der Waals surface area contributed by atoms with Crippen molar-refractivity contribution in [1.82, 2.24) is 0 Å². The minimum Gasteiger partial charge on any atom is -0.0499 e. The van der Waals surface area contributed by atoms with Crippen LogP contribution in [-0.4, -0.2) is 0 Å². The standard InChI is InChI=1S/C13H18/c1-2-7-3-6(1)12-10-5-11(13(7)12)9-4-8(9)10/h6-13H,1-5H2/t6-,7+,8-,9+,10-,11+,12+,13-. The molecule has 0 aromatic rings. The van der Waals surface area contributed by atoms with Gasteiger partial charge in [0.2, 0.25) is 0 Å². The minimum atomic E-state index is 1.21. The molecule has 5 saturated carbocycles. The monoisotopic (exact) mass is 174 g/mol. The van der Waals surface area contributed by atoms with E-state index in [0.717, 1.165) is 0 Å². The van der Waals surface area contributed by atoms with Crippen molar-refractivity contribution < 1.29 is 0 Å². The molecular formula is C13H18. The fourth-order valence-electron chi connectivity index (χ4n) is 6.42. The van der Waals surface area contributed by atoms with E-state index < -0.39 is 0 Å². The summed E-state index contributed by atoms with van der Waals surface area (Å²) in [5, 5.41) is 0. The van der Waals surface area contributed by atoms with Crippen molar-refractivity contribution in [3.05, 3.63) is 0 Å². The topological polar surface area (TPSA) is 0 Å². The van der Waals surface area contributed by atoms with E-state index in [9.17, 15) is 0 Å². The van der Waals surface area contributed by atoms with E-state index in [-0.39, 0.29) is 0 Å².